The summed E-state index contributed by atoms with van der Waals surface area (Å²) in [6.07, 6.45) is 7.84. The highest BCUT2D eigenvalue weighted by Crippen LogP contribution is 2.49. The number of carbonyl (C=O) groups is 2. The molecule has 2 bridgehead atoms. The van der Waals surface area contributed by atoms with Gasteiger partial charge in [-0.3, -0.25) is 9.59 Å². The number of hydrogen-bond acceptors (Lipinski definition) is 3. The monoisotopic (exact) mass is 280 g/mol. The largest absolute Gasteiger partial charge is 0.272 e. The second-order valence-electron chi connectivity index (χ2n) is 5.99. The normalized spacial score (nSPS) is 34.0. The molecule has 5 rings (SSSR count). The molecule has 1 saturated carbocycles. The Morgan fingerprint density at radius 1 is 0.952 bits per heavy atom. The highest BCUT2D eigenvalue weighted by atomic mass is 16.2. The van der Waals surface area contributed by atoms with Crippen molar-refractivity contribution in [1.29, 1.82) is 0 Å². The number of allylic oxidation sites excluding steroid dienone is 2. The van der Waals surface area contributed by atoms with Gasteiger partial charge < -0.3 is 0 Å². The maximum absolute atomic E-state index is 12.5. The molecule has 0 unspecified atom stereocenters. The van der Waals surface area contributed by atoms with Gasteiger partial charge in [-0.2, -0.15) is 10.1 Å². The molecule has 3 aliphatic carbocycles. The Bertz CT molecular complexity index is 618. The first-order valence-corrected chi connectivity index (χ1v) is 7.41. The number of amides is 2. The van der Waals surface area contributed by atoms with Gasteiger partial charge in [-0.25, -0.2) is 0 Å². The first kappa shape index (κ1) is 12.5. The van der Waals surface area contributed by atoms with Crippen LogP contribution in [0.5, 0.6) is 0 Å². The molecule has 106 valence electrons. The standard InChI is InChI=1S/C17H16N2O2/c20-16-14-12-6-7-13(9-8-12)15(14)17(21)19(16)18-10-11-4-2-1-3-5-11/h1-7,10,12-15H,8-9H2/b18-10-/t12-,13-,14+,15+/m0/s1. The molecule has 2 fully saturated rings. The van der Waals surface area contributed by atoms with Crippen molar-refractivity contribution in [1.82, 2.24) is 5.01 Å². The third-order valence-corrected chi connectivity index (χ3v) is 4.86. The summed E-state index contributed by atoms with van der Waals surface area (Å²) in [5.41, 5.74) is 0.883. The Morgan fingerprint density at radius 2 is 1.52 bits per heavy atom. The van der Waals surface area contributed by atoms with Crippen LogP contribution >= 0.6 is 0 Å². The second-order valence-corrected chi connectivity index (χ2v) is 5.99. The van der Waals surface area contributed by atoms with E-state index < -0.39 is 0 Å². The molecule has 1 saturated heterocycles. The molecule has 4 nitrogen and oxygen atoms in total. The summed E-state index contributed by atoms with van der Waals surface area (Å²) in [6.45, 7) is 0. The average molecular weight is 280 g/mol. The van der Waals surface area contributed by atoms with E-state index in [1.807, 2.05) is 30.3 Å². The predicted molar refractivity (Wildman–Crippen MR) is 78.2 cm³/mol. The van der Waals surface area contributed by atoms with E-state index in [1.54, 1.807) is 6.21 Å². The molecule has 4 aliphatic rings. The number of hydrogen-bond donors (Lipinski definition) is 0. The third kappa shape index (κ3) is 1.86. The van der Waals surface area contributed by atoms with Gasteiger partial charge in [-0.1, -0.05) is 42.5 Å². The van der Waals surface area contributed by atoms with Crippen LogP contribution in [0.3, 0.4) is 0 Å². The highest BCUT2D eigenvalue weighted by Gasteiger charge is 2.56. The molecular formula is C17H16N2O2. The average Bonchev–Trinajstić information content (AvgIpc) is 2.81. The summed E-state index contributed by atoms with van der Waals surface area (Å²) in [4.78, 5) is 25.0. The first-order valence-electron chi connectivity index (χ1n) is 7.41. The highest BCUT2D eigenvalue weighted by molar-refractivity contribution is 6.06. The van der Waals surface area contributed by atoms with Gasteiger partial charge in [0.15, 0.2) is 0 Å². The van der Waals surface area contributed by atoms with Gasteiger partial charge >= 0.3 is 0 Å². The fourth-order valence-electron chi connectivity index (χ4n) is 3.84. The van der Waals surface area contributed by atoms with Crippen LogP contribution in [0.4, 0.5) is 0 Å². The van der Waals surface area contributed by atoms with Gasteiger partial charge in [0.1, 0.15) is 0 Å². The van der Waals surface area contributed by atoms with Crippen molar-refractivity contribution in [3.8, 4) is 0 Å². The number of hydrazone groups is 1. The van der Waals surface area contributed by atoms with E-state index in [-0.39, 0.29) is 35.5 Å². The van der Waals surface area contributed by atoms with Gasteiger partial charge in [0.05, 0.1) is 18.1 Å². The Morgan fingerprint density at radius 3 is 2.05 bits per heavy atom. The van der Waals surface area contributed by atoms with E-state index in [0.717, 1.165) is 23.4 Å². The summed E-state index contributed by atoms with van der Waals surface area (Å²) in [6, 6.07) is 9.51. The van der Waals surface area contributed by atoms with Crippen LogP contribution < -0.4 is 0 Å². The van der Waals surface area contributed by atoms with Crippen molar-refractivity contribution in [2.45, 2.75) is 12.8 Å². The SMILES string of the molecule is O=C1[C@H]2[C@H](C(=O)N1/N=C\c1ccccc1)[C@H]1C=C[C@H]2CC1. The molecule has 4 atom stereocenters. The molecule has 21 heavy (non-hydrogen) atoms. The van der Waals surface area contributed by atoms with Crippen molar-refractivity contribution in [2.75, 3.05) is 0 Å². The van der Waals surface area contributed by atoms with Crippen LogP contribution in [0, 0.1) is 23.7 Å². The Labute approximate surface area is 123 Å². The molecule has 2 amide bonds. The lowest BCUT2D eigenvalue weighted by Crippen LogP contribution is -2.38. The van der Waals surface area contributed by atoms with E-state index in [1.165, 1.54) is 0 Å². The summed E-state index contributed by atoms with van der Waals surface area (Å²) in [7, 11) is 0. The maximum atomic E-state index is 12.5. The van der Waals surface area contributed by atoms with Crippen LogP contribution in [0.2, 0.25) is 0 Å². The van der Waals surface area contributed by atoms with Gasteiger partial charge in [0.2, 0.25) is 0 Å². The van der Waals surface area contributed by atoms with E-state index in [2.05, 4.69) is 17.3 Å². The maximum Gasteiger partial charge on any atom is 0.254 e. The lowest BCUT2D eigenvalue weighted by atomic mass is 9.63. The van der Waals surface area contributed by atoms with E-state index in [9.17, 15) is 9.59 Å². The second kappa shape index (κ2) is 4.65. The number of fused-ring (bicyclic) bond motifs is 1. The number of benzene rings is 1. The van der Waals surface area contributed by atoms with Crippen molar-refractivity contribution in [3.63, 3.8) is 0 Å². The van der Waals surface area contributed by atoms with E-state index in [0.29, 0.717) is 0 Å². The smallest absolute Gasteiger partial charge is 0.254 e. The molecule has 0 radical (unpaired) electrons. The molecule has 0 aromatic heterocycles. The quantitative estimate of drug-likeness (QED) is 0.474. The van der Waals surface area contributed by atoms with Gasteiger partial charge in [-0.15, -0.1) is 0 Å². The summed E-state index contributed by atoms with van der Waals surface area (Å²) in [5, 5.41) is 5.26. The molecule has 1 aromatic rings. The van der Waals surface area contributed by atoms with Crippen molar-refractivity contribution in [3.05, 3.63) is 48.0 Å². The van der Waals surface area contributed by atoms with Crippen molar-refractivity contribution in [2.24, 2.45) is 28.8 Å². The molecule has 1 aromatic carbocycles. The molecular weight excluding hydrogens is 264 g/mol. The van der Waals surface area contributed by atoms with Gasteiger partial charge in [0, 0.05) is 0 Å². The fraction of sp³-hybridized carbons (Fsp3) is 0.353. The van der Waals surface area contributed by atoms with E-state index in [4.69, 9.17) is 0 Å². The van der Waals surface area contributed by atoms with Crippen LogP contribution in [0.25, 0.3) is 0 Å². The molecule has 1 aliphatic heterocycles. The Hall–Kier alpha value is -2.23. The number of carbonyl (C=O) groups excluding carboxylic acids is 2. The minimum Gasteiger partial charge on any atom is -0.272 e. The van der Waals surface area contributed by atoms with Crippen LogP contribution in [-0.2, 0) is 9.59 Å². The molecule has 0 spiro atoms. The Kier molecular flexibility index (Phi) is 2.77. The van der Waals surface area contributed by atoms with Crippen LogP contribution in [-0.4, -0.2) is 23.0 Å². The van der Waals surface area contributed by atoms with Gasteiger partial charge in [0.25, 0.3) is 11.8 Å². The molecule has 0 N–H and O–H groups in total. The Balaban J connectivity index is 1.62. The number of nitrogens with zero attached hydrogens (tertiary/aromatic N) is 2. The predicted octanol–water partition coefficient (Wildman–Crippen LogP) is 2.22. The van der Waals surface area contributed by atoms with Crippen molar-refractivity contribution >= 4 is 18.0 Å². The van der Waals surface area contributed by atoms with Crippen LogP contribution in [0.15, 0.2) is 47.6 Å². The minimum atomic E-state index is -0.186. The zero-order chi connectivity index (χ0) is 14.4. The third-order valence-electron chi connectivity index (χ3n) is 4.86. The van der Waals surface area contributed by atoms with E-state index >= 15 is 0 Å². The lowest BCUT2D eigenvalue weighted by Gasteiger charge is -2.37. The summed E-state index contributed by atoms with van der Waals surface area (Å²) < 4.78 is 0. The molecule has 1 heterocycles. The summed E-state index contributed by atoms with van der Waals surface area (Å²) >= 11 is 0. The first-order chi connectivity index (χ1) is 10.3. The molecule has 4 heteroatoms. The summed E-state index contributed by atoms with van der Waals surface area (Å²) in [5.74, 6) is -0.197. The topological polar surface area (TPSA) is 49.7 Å². The van der Waals surface area contributed by atoms with Crippen LogP contribution in [0.1, 0.15) is 18.4 Å². The van der Waals surface area contributed by atoms with Crippen molar-refractivity contribution < 1.29 is 9.59 Å². The minimum absolute atomic E-state index is 0.128. The van der Waals surface area contributed by atoms with Gasteiger partial charge in [-0.05, 0) is 30.2 Å². The zero-order valence-corrected chi connectivity index (χ0v) is 11.6. The zero-order valence-electron chi connectivity index (χ0n) is 11.6. The number of imide groups is 1. The fourth-order valence-corrected chi connectivity index (χ4v) is 3.84. The lowest BCUT2D eigenvalue weighted by molar-refractivity contribution is -0.140. The number of rotatable bonds is 2.